The van der Waals surface area contributed by atoms with Crippen LogP contribution in [-0.2, 0) is 5.41 Å². The van der Waals surface area contributed by atoms with Gasteiger partial charge < -0.3 is 0 Å². The fourth-order valence-electron chi connectivity index (χ4n) is 1.42. The summed E-state index contributed by atoms with van der Waals surface area (Å²) < 4.78 is 26.1. The first-order chi connectivity index (χ1) is 6.59. The molecule has 0 heterocycles. The Balaban J connectivity index is 2.53. The van der Waals surface area contributed by atoms with Gasteiger partial charge in [-0.1, -0.05) is 0 Å². The van der Waals surface area contributed by atoms with Crippen molar-refractivity contribution >= 4 is 15.9 Å². The van der Waals surface area contributed by atoms with E-state index in [1.54, 1.807) is 0 Å². The minimum Gasteiger partial charge on any atom is -0.206 e. The van der Waals surface area contributed by atoms with Gasteiger partial charge in [-0.2, -0.15) is 5.26 Å². The van der Waals surface area contributed by atoms with E-state index in [1.807, 2.05) is 0 Å². The Hall–Kier alpha value is -0.950. The number of benzene rings is 1. The molecule has 1 aliphatic rings. The fraction of sp³-hybridized carbons (Fsp3) is 0.300. The van der Waals surface area contributed by atoms with Gasteiger partial charge in [-0.05, 0) is 46.5 Å². The Kier molecular flexibility index (Phi) is 2.07. The van der Waals surface area contributed by atoms with Crippen LogP contribution >= 0.6 is 15.9 Å². The molecule has 4 heteroatoms. The van der Waals surface area contributed by atoms with Crippen LogP contribution < -0.4 is 0 Å². The topological polar surface area (TPSA) is 23.8 Å². The molecule has 0 unspecified atom stereocenters. The van der Waals surface area contributed by atoms with Gasteiger partial charge >= 0.3 is 0 Å². The highest BCUT2D eigenvalue weighted by Crippen LogP contribution is 2.48. The predicted octanol–water partition coefficient (Wildman–Crippen LogP) is 3.28. The van der Waals surface area contributed by atoms with E-state index in [0.717, 1.165) is 0 Å². The smallest absolute Gasteiger partial charge is 0.140 e. The zero-order valence-corrected chi connectivity index (χ0v) is 8.74. The standard InChI is InChI=1S/C10H6BrF2N/c11-9-7(12)3-6(4-8(9)13)10(5-14)1-2-10/h3-4H,1-2H2. The lowest BCUT2D eigenvalue weighted by Crippen LogP contribution is -2.04. The van der Waals surface area contributed by atoms with Crippen molar-refractivity contribution in [2.75, 3.05) is 0 Å². The van der Waals surface area contributed by atoms with Crippen LogP contribution in [0, 0.1) is 23.0 Å². The van der Waals surface area contributed by atoms with Crippen molar-refractivity contribution in [2.24, 2.45) is 0 Å². The summed E-state index contributed by atoms with van der Waals surface area (Å²) in [7, 11) is 0. The maximum Gasteiger partial charge on any atom is 0.140 e. The summed E-state index contributed by atoms with van der Waals surface area (Å²) in [6.07, 6.45) is 1.37. The Morgan fingerprint density at radius 2 is 1.79 bits per heavy atom. The predicted molar refractivity (Wildman–Crippen MR) is 50.6 cm³/mol. The molecule has 0 N–H and O–H groups in total. The largest absolute Gasteiger partial charge is 0.206 e. The highest BCUT2D eigenvalue weighted by atomic mass is 79.9. The molecule has 1 aromatic rings. The van der Waals surface area contributed by atoms with E-state index >= 15 is 0 Å². The van der Waals surface area contributed by atoms with E-state index in [1.165, 1.54) is 12.1 Å². The van der Waals surface area contributed by atoms with Crippen LogP contribution in [0.1, 0.15) is 18.4 Å². The Bertz CT molecular complexity index is 409. The van der Waals surface area contributed by atoms with Gasteiger partial charge in [0, 0.05) is 0 Å². The van der Waals surface area contributed by atoms with E-state index in [0.29, 0.717) is 18.4 Å². The summed E-state index contributed by atoms with van der Waals surface area (Å²) in [4.78, 5) is 0. The van der Waals surface area contributed by atoms with E-state index < -0.39 is 17.0 Å². The SMILES string of the molecule is N#CC1(c2cc(F)c(Br)c(F)c2)CC1. The fourth-order valence-corrected chi connectivity index (χ4v) is 1.65. The molecule has 0 bridgehead atoms. The molecule has 0 atom stereocenters. The molecule has 0 aliphatic heterocycles. The van der Waals surface area contributed by atoms with Gasteiger partial charge in [-0.3, -0.25) is 0 Å². The number of hydrogen-bond donors (Lipinski definition) is 0. The quantitative estimate of drug-likeness (QED) is 0.709. The number of halogens is 3. The third-order valence-electron chi connectivity index (χ3n) is 2.50. The maximum absolute atomic E-state index is 13.1. The zero-order chi connectivity index (χ0) is 10.3. The van der Waals surface area contributed by atoms with Crippen LogP contribution in [-0.4, -0.2) is 0 Å². The number of nitriles is 1. The first kappa shape index (κ1) is 9.60. The van der Waals surface area contributed by atoms with Crippen LogP contribution in [0.25, 0.3) is 0 Å². The molecule has 0 spiro atoms. The zero-order valence-electron chi connectivity index (χ0n) is 7.15. The van der Waals surface area contributed by atoms with Crippen LogP contribution in [0.3, 0.4) is 0 Å². The molecule has 1 saturated carbocycles. The molecule has 0 amide bonds. The molecule has 0 aromatic heterocycles. The van der Waals surface area contributed by atoms with E-state index in [2.05, 4.69) is 22.0 Å². The van der Waals surface area contributed by atoms with Crippen molar-refractivity contribution in [1.82, 2.24) is 0 Å². The van der Waals surface area contributed by atoms with Crippen molar-refractivity contribution in [1.29, 1.82) is 5.26 Å². The average Bonchev–Trinajstić information content (AvgIpc) is 2.94. The first-order valence-corrected chi connectivity index (χ1v) is 4.95. The molecular formula is C10H6BrF2N. The minimum atomic E-state index is -0.651. The highest BCUT2D eigenvalue weighted by Gasteiger charge is 2.45. The summed E-state index contributed by atoms with van der Waals surface area (Å²) in [5.41, 5.74) is -0.194. The Morgan fingerprint density at radius 1 is 1.29 bits per heavy atom. The van der Waals surface area contributed by atoms with Crippen molar-refractivity contribution in [3.63, 3.8) is 0 Å². The third kappa shape index (κ3) is 1.32. The Labute approximate surface area is 88.5 Å². The number of nitrogens with zero attached hydrogens (tertiary/aromatic N) is 1. The highest BCUT2D eigenvalue weighted by molar-refractivity contribution is 9.10. The summed E-state index contributed by atoms with van der Waals surface area (Å²) in [5.74, 6) is -1.30. The van der Waals surface area contributed by atoms with Gasteiger partial charge in [0.15, 0.2) is 0 Å². The van der Waals surface area contributed by atoms with Crippen LogP contribution in [0.5, 0.6) is 0 Å². The molecule has 72 valence electrons. The lowest BCUT2D eigenvalue weighted by Gasteiger charge is -2.07. The monoisotopic (exact) mass is 257 g/mol. The van der Waals surface area contributed by atoms with Crippen LogP contribution in [0.4, 0.5) is 8.78 Å². The molecule has 1 nitrogen and oxygen atoms in total. The summed E-state index contributed by atoms with van der Waals surface area (Å²) in [6, 6.07) is 4.55. The Morgan fingerprint density at radius 3 is 2.14 bits per heavy atom. The summed E-state index contributed by atoms with van der Waals surface area (Å²) in [5, 5.41) is 8.85. The normalized spacial score (nSPS) is 17.6. The lowest BCUT2D eigenvalue weighted by atomic mass is 9.98. The number of rotatable bonds is 1. The average molecular weight is 258 g/mol. The second kappa shape index (κ2) is 3.03. The molecule has 1 aromatic carbocycles. The van der Waals surface area contributed by atoms with E-state index in [9.17, 15) is 8.78 Å². The van der Waals surface area contributed by atoms with Gasteiger partial charge in [-0.25, -0.2) is 8.78 Å². The van der Waals surface area contributed by atoms with Crippen LogP contribution in [0.15, 0.2) is 16.6 Å². The van der Waals surface area contributed by atoms with Crippen LogP contribution in [0.2, 0.25) is 0 Å². The molecule has 2 rings (SSSR count). The van der Waals surface area contributed by atoms with Crippen molar-refractivity contribution in [3.05, 3.63) is 33.8 Å². The van der Waals surface area contributed by atoms with Gasteiger partial charge in [-0.15, -0.1) is 0 Å². The first-order valence-electron chi connectivity index (χ1n) is 4.15. The van der Waals surface area contributed by atoms with Crippen molar-refractivity contribution in [2.45, 2.75) is 18.3 Å². The molecule has 1 fully saturated rings. The molecule has 1 aliphatic carbocycles. The van der Waals surface area contributed by atoms with E-state index in [-0.39, 0.29) is 4.47 Å². The second-order valence-corrected chi connectivity index (χ2v) is 4.24. The van der Waals surface area contributed by atoms with Gasteiger partial charge in [0.25, 0.3) is 0 Å². The molecule has 0 radical (unpaired) electrons. The van der Waals surface area contributed by atoms with Gasteiger partial charge in [0.2, 0.25) is 0 Å². The third-order valence-corrected chi connectivity index (χ3v) is 3.26. The molecule has 0 saturated heterocycles. The number of hydrogen-bond acceptors (Lipinski definition) is 1. The lowest BCUT2D eigenvalue weighted by molar-refractivity contribution is 0.566. The summed E-state index contributed by atoms with van der Waals surface area (Å²) >= 11 is 2.79. The molecular weight excluding hydrogens is 252 g/mol. The van der Waals surface area contributed by atoms with E-state index in [4.69, 9.17) is 5.26 Å². The molecule has 14 heavy (non-hydrogen) atoms. The summed E-state index contributed by atoms with van der Waals surface area (Å²) in [6.45, 7) is 0. The minimum absolute atomic E-state index is 0.171. The van der Waals surface area contributed by atoms with Gasteiger partial charge in [0.05, 0.1) is 16.0 Å². The van der Waals surface area contributed by atoms with Crippen molar-refractivity contribution < 1.29 is 8.78 Å². The maximum atomic E-state index is 13.1. The van der Waals surface area contributed by atoms with Crippen molar-refractivity contribution in [3.8, 4) is 6.07 Å². The van der Waals surface area contributed by atoms with Gasteiger partial charge in [0.1, 0.15) is 11.6 Å². The second-order valence-electron chi connectivity index (χ2n) is 3.45.